The van der Waals surface area contributed by atoms with E-state index in [4.69, 9.17) is 0 Å². The Balaban J connectivity index is 1.62. The van der Waals surface area contributed by atoms with E-state index in [-0.39, 0.29) is 17.8 Å². The molecule has 1 atom stereocenters. The van der Waals surface area contributed by atoms with Gasteiger partial charge in [0.1, 0.15) is 5.82 Å². The fourth-order valence-electron chi connectivity index (χ4n) is 3.67. The van der Waals surface area contributed by atoms with Crippen molar-refractivity contribution < 1.29 is 9.18 Å². The van der Waals surface area contributed by atoms with Crippen LogP contribution in [0.5, 0.6) is 0 Å². The van der Waals surface area contributed by atoms with Gasteiger partial charge < -0.3 is 10.3 Å². The summed E-state index contributed by atoms with van der Waals surface area (Å²) in [6, 6.07) is 14.5. The third-order valence-corrected chi connectivity index (χ3v) is 4.85. The van der Waals surface area contributed by atoms with Crippen LogP contribution < -0.4 is 5.32 Å². The first-order valence-electron chi connectivity index (χ1n) is 8.98. The van der Waals surface area contributed by atoms with Crippen molar-refractivity contribution in [1.29, 1.82) is 0 Å². The number of hydrogen-bond acceptors (Lipinski definition) is 3. The third kappa shape index (κ3) is 3.75. The van der Waals surface area contributed by atoms with Crippen LogP contribution in [0.25, 0.3) is 0 Å². The summed E-state index contributed by atoms with van der Waals surface area (Å²) >= 11 is 0. The Kier molecular flexibility index (Phi) is 4.73. The van der Waals surface area contributed by atoms with Crippen molar-refractivity contribution in [2.24, 2.45) is 0 Å². The number of halogens is 1. The van der Waals surface area contributed by atoms with Crippen molar-refractivity contribution >= 4 is 11.6 Å². The van der Waals surface area contributed by atoms with E-state index in [0.717, 1.165) is 41.2 Å². The number of anilines is 1. The summed E-state index contributed by atoms with van der Waals surface area (Å²) in [5.41, 5.74) is 4.88. The number of aromatic nitrogens is 2. The van der Waals surface area contributed by atoms with Crippen LogP contribution in [-0.4, -0.2) is 27.3 Å². The summed E-state index contributed by atoms with van der Waals surface area (Å²) < 4.78 is 13.8. The van der Waals surface area contributed by atoms with E-state index in [9.17, 15) is 9.18 Å². The van der Waals surface area contributed by atoms with Gasteiger partial charge in [0.25, 0.3) is 0 Å². The lowest BCUT2D eigenvalue weighted by Crippen LogP contribution is -2.35. The van der Waals surface area contributed by atoms with E-state index >= 15 is 0 Å². The van der Waals surface area contributed by atoms with Gasteiger partial charge in [0, 0.05) is 37.8 Å². The van der Waals surface area contributed by atoms with Gasteiger partial charge in [-0.2, -0.15) is 0 Å². The lowest BCUT2D eigenvalue weighted by Gasteiger charge is -2.35. The number of fused-ring (bicyclic) bond motifs is 1. The molecule has 0 aliphatic carbocycles. The summed E-state index contributed by atoms with van der Waals surface area (Å²) in [4.78, 5) is 21.2. The summed E-state index contributed by atoms with van der Waals surface area (Å²) in [6.07, 6.45) is 2.59. The van der Waals surface area contributed by atoms with E-state index in [2.05, 4.69) is 20.2 Å². The first kappa shape index (κ1) is 17.4. The molecule has 2 heterocycles. The van der Waals surface area contributed by atoms with Gasteiger partial charge in [-0.05, 0) is 35.4 Å². The fourth-order valence-corrected chi connectivity index (χ4v) is 3.67. The second kappa shape index (κ2) is 7.32. The number of carbonyl (C=O) groups is 1. The number of imidazole rings is 1. The molecule has 1 amide bonds. The van der Waals surface area contributed by atoms with Gasteiger partial charge >= 0.3 is 0 Å². The Morgan fingerprint density at radius 1 is 1.30 bits per heavy atom. The van der Waals surface area contributed by atoms with Crippen molar-refractivity contribution in [2.75, 3.05) is 11.9 Å². The summed E-state index contributed by atoms with van der Waals surface area (Å²) in [7, 11) is 0. The predicted molar refractivity (Wildman–Crippen MR) is 102 cm³/mol. The first-order chi connectivity index (χ1) is 13.1. The van der Waals surface area contributed by atoms with Crippen LogP contribution >= 0.6 is 0 Å². The van der Waals surface area contributed by atoms with Gasteiger partial charge in [0.05, 0.1) is 18.1 Å². The van der Waals surface area contributed by atoms with Crippen molar-refractivity contribution in [3.05, 3.63) is 83.2 Å². The highest BCUT2D eigenvalue weighted by Gasteiger charge is 2.31. The van der Waals surface area contributed by atoms with Crippen molar-refractivity contribution in [1.82, 2.24) is 14.9 Å². The molecule has 0 fully saturated rings. The van der Waals surface area contributed by atoms with E-state index in [1.165, 1.54) is 13.0 Å². The van der Waals surface area contributed by atoms with Crippen LogP contribution in [0.15, 0.2) is 54.9 Å². The Labute approximate surface area is 157 Å². The molecule has 4 rings (SSSR count). The molecular weight excluding hydrogens is 343 g/mol. The maximum absolute atomic E-state index is 13.8. The smallest absolute Gasteiger partial charge is 0.221 e. The average Bonchev–Trinajstić information content (AvgIpc) is 3.11. The molecule has 3 aromatic rings. The number of amides is 1. The summed E-state index contributed by atoms with van der Waals surface area (Å²) in [5, 5.41) is 2.78. The highest BCUT2D eigenvalue weighted by Crippen LogP contribution is 2.34. The molecule has 0 radical (unpaired) electrons. The average molecular weight is 364 g/mol. The standard InChI is InChI=1S/C21H21FN4O/c1-14(27)25-18-7-5-15(6-8-18)12-26-10-9-19-20(24-13-23-19)21(26)16-3-2-4-17(22)11-16/h2-8,11,13,21H,9-10,12H2,1H3,(H,23,24)(H,25,27)/t21-/m0/s1. The molecule has 1 aromatic heterocycles. The molecular formula is C21H21FN4O. The van der Waals surface area contributed by atoms with E-state index < -0.39 is 0 Å². The number of nitrogens with zero attached hydrogens (tertiary/aromatic N) is 2. The van der Waals surface area contributed by atoms with Crippen LogP contribution in [0.2, 0.25) is 0 Å². The van der Waals surface area contributed by atoms with E-state index in [0.29, 0.717) is 6.54 Å². The normalized spacial score (nSPS) is 16.7. The maximum Gasteiger partial charge on any atom is 0.221 e. The molecule has 2 N–H and O–H groups in total. The molecule has 2 aromatic carbocycles. The van der Waals surface area contributed by atoms with Gasteiger partial charge in [-0.3, -0.25) is 9.69 Å². The summed E-state index contributed by atoms with van der Waals surface area (Å²) in [6.45, 7) is 3.06. The minimum absolute atomic E-state index is 0.0870. The Bertz CT molecular complexity index is 951. The largest absolute Gasteiger partial charge is 0.348 e. The van der Waals surface area contributed by atoms with Crippen LogP contribution in [0.1, 0.15) is 35.5 Å². The van der Waals surface area contributed by atoms with E-state index in [1.54, 1.807) is 18.5 Å². The topological polar surface area (TPSA) is 61.0 Å². The molecule has 6 heteroatoms. The molecule has 1 aliphatic rings. The quantitative estimate of drug-likeness (QED) is 0.743. The minimum atomic E-state index is -0.241. The van der Waals surface area contributed by atoms with Crippen LogP contribution in [-0.2, 0) is 17.8 Å². The molecule has 0 unspecified atom stereocenters. The molecule has 0 bridgehead atoms. The van der Waals surface area contributed by atoms with Gasteiger partial charge in [0.2, 0.25) is 5.91 Å². The number of rotatable bonds is 4. The predicted octanol–water partition coefficient (Wildman–Crippen LogP) is 3.65. The molecule has 5 nitrogen and oxygen atoms in total. The maximum atomic E-state index is 13.8. The Morgan fingerprint density at radius 3 is 2.85 bits per heavy atom. The third-order valence-electron chi connectivity index (χ3n) is 4.85. The molecule has 27 heavy (non-hydrogen) atoms. The highest BCUT2D eigenvalue weighted by atomic mass is 19.1. The lowest BCUT2D eigenvalue weighted by atomic mass is 9.95. The van der Waals surface area contributed by atoms with E-state index in [1.807, 2.05) is 30.3 Å². The number of hydrogen-bond donors (Lipinski definition) is 2. The molecule has 138 valence electrons. The number of nitrogens with one attached hydrogen (secondary N) is 2. The first-order valence-corrected chi connectivity index (χ1v) is 8.98. The lowest BCUT2D eigenvalue weighted by molar-refractivity contribution is -0.114. The van der Waals surface area contributed by atoms with Gasteiger partial charge in [-0.1, -0.05) is 24.3 Å². The number of benzene rings is 2. The molecule has 1 aliphatic heterocycles. The number of H-pyrrole nitrogens is 1. The van der Waals surface area contributed by atoms with Crippen LogP contribution in [0.4, 0.5) is 10.1 Å². The zero-order valence-electron chi connectivity index (χ0n) is 15.1. The van der Waals surface area contributed by atoms with Crippen LogP contribution in [0.3, 0.4) is 0 Å². The van der Waals surface area contributed by atoms with Crippen LogP contribution in [0, 0.1) is 5.82 Å². The number of carbonyl (C=O) groups excluding carboxylic acids is 1. The fraction of sp³-hybridized carbons (Fsp3) is 0.238. The monoisotopic (exact) mass is 364 g/mol. The van der Waals surface area contributed by atoms with Gasteiger partial charge in [0.15, 0.2) is 0 Å². The zero-order chi connectivity index (χ0) is 18.8. The van der Waals surface area contributed by atoms with Crippen molar-refractivity contribution in [2.45, 2.75) is 25.9 Å². The van der Waals surface area contributed by atoms with Gasteiger partial charge in [-0.15, -0.1) is 0 Å². The Morgan fingerprint density at radius 2 is 2.11 bits per heavy atom. The second-order valence-corrected chi connectivity index (χ2v) is 6.82. The highest BCUT2D eigenvalue weighted by molar-refractivity contribution is 5.88. The van der Waals surface area contributed by atoms with Gasteiger partial charge in [-0.25, -0.2) is 9.37 Å². The summed E-state index contributed by atoms with van der Waals surface area (Å²) in [5.74, 6) is -0.328. The molecule has 0 saturated heterocycles. The van der Waals surface area contributed by atoms with Crippen molar-refractivity contribution in [3.8, 4) is 0 Å². The van der Waals surface area contributed by atoms with Crippen molar-refractivity contribution in [3.63, 3.8) is 0 Å². The Hall–Kier alpha value is -2.99. The number of aromatic amines is 1. The SMILES string of the molecule is CC(=O)Nc1ccc(CN2CCc3[nH]cnc3[C@@H]2c2cccc(F)c2)cc1. The zero-order valence-corrected chi connectivity index (χ0v) is 15.1. The molecule has 0 saturated carbocycles. The minimum Gasteiger partial charge on any atom is -0.348 e. The second-order valence-electron chi connectivity index (χ2n) is 6.82. The molecule has 0 spiro atoms.